The Morgan fingerprint density at radius 3 is 2.61 bits per heavy atom. The van der Waals surface area contributed by atoms with E-state index in [1.165, 1.54) is 12.1 Å². The average molecular weight is 403 g/mol. The first-order chi connectivity index (χ1) is 13.2. The highest BCUT2D eigenvalue weighted by Gasteiger charge is 2.40. The molecule has 0 spiro atoms. The lowest BCUT2D eigenvalue weighted by molar-refractivity contribution is -0.215. The lowest BCUT2D eigenvalue weighted by atomic mass is 9.93. The van der Waals surface area contributed by atoms with Gasteiger partial charge in [0, 0.05) is 19.0 Å². The standard InChI is InChI=1S/C21H26F5NO/c1-3-4-7-27-13-17-9-15(5-6-20(17)24)8-16-10-18(23)12-19(11-16)28-21(25,26)14(2)22/h9-12,14,27H,3-8,13H2,1-2H3. The fourth-order valence-electron chi connectivity index (χ4n) is 2.92. The van der Waals surface area contributed by atoms with E-state index >= 15 is 0 Å². The van der Waals surface area contributed by atoms with Crippen LogP contribution in [0.15, 0.2) is 41.2 Å². The van der Waals surface area contributed by atoms with E-state index < -0.39 is 23.8 Å². The number of ether oxygens (including phenoxy) is 1. The molecular weight excluding hydrogens is 377 g/mol. The smallest absolute Gasteiger partial charge is 0.429 e. The molecule has 0 bridgehead atoms. The molecular formula is C21H26F5NO. The van der Waals surface area contributed by atoms with Gasteiger partial charge in [0.1, 0.15) is 17.4 Å². The maximum atomic E-state index is 14.1. The summed E-state index contributed by atoms with van der Waals surface area (Å²) in [7, 11) is 0. The van der Waals surface area contributed by atoms with E-state index in [9.17, 15) is 22.0 Å². The highest BCUT2D eigenvalue weighted by atomic mass is 19.3. The molecule has 0 saturated heterocycles. The number of halogens is 5. The number of unbranched alkanes of at least 4 members (excludes halogenated alkanes) is 1. The molecule has 0 aliphatic heterocycles. The van der Waals surface area contributed by atoms with Crippen LogP contribution in [-0.4, -0.2) is 25.4 Å². The van der Waals surface area contributed by atoms with Crippen LogP contribution in [0.5, 0.6) is 5.75 Å². The van der Waals surface area contributed by atoms with Crippen LogP contribution in [0.2, 0.25) is 0 Å². The molecule has 28 heavy (non-hydrogen) atoms. The molecule has 0 radical (unpaired) electrons. The van der Waals surface area contributed by atoms with Crippen LogP contribution in [0, 0.1) is 5.82 Å². The molecule has 1 unspecified atom stereocenters. The maximum Gasteiger partial charge on any atom is 0.429 e. The summed E-state index contributed by atoms with van der Waals surface area (Å²) >= 11 is 0. The molecule has 1 aromatic rings. The fraction of sp³-hybridized carbons (Fsp3) is 0.524. The van der Waals surface area contributed by atoms with Gasteiger partial charge in [-0.1, -0.05) is 25.0 Å². The zero-order valence-electron chi connectivity index (χ0n) is 16.1. The normalized spacial score (nSPS) is 16.2. The highest BCUT2D eigenvalue weighted by molar-refractivity contribution is 5.37. The SMILES string of the molecule is CCCCNCC1=C(F)CCC(Cc2cc(F)cc(OC(F)(F)C(C)F)c2)=C1. The summed E-state index contributed by atoms with van der Waals surface area (Å²) in [5.41, 5.74) is 1.84. The second kappa shape index (κ2) is 10.0. The summed E-state index contributed by atoms with van der Waals surface area (Å²) < 4.78 is 72.0. The van der Waals surface area contributed by atoms with Gasteiger partial charge in [-0.3, -0.25) is 0 Å². The number of benzene rings is 1. The van der Waals surface area contributed by atoms with Gasteiger partial charge in [0.15, 0.2) is 0 Å². The van der Waals surface area contributed by atoms with Crippen molar-refractivity contribution >= 4 is 0 Å². The zero-order valence-corrected chi connectivity index (χ0v) is 16.1. The first-order valence-electron chi connectivity index (χ1n) is 9.49. The maximum absolute atomic E-state index is 14.1. The first-order valence-corrected chi connectivity index (χ1v) is 9.49. The van der Waals surface area contributed by atoms with Gasteiger partial charge in [-0.25, -0.2) is 13.2 Å². The molecule has 156 valence electrons. The van der Waals surface area contributed by atoms with Gasteiger partial charge in [-0.15, -0.1) is 0 Å². The lowest BCUT2D eigenvalue weighted by Gasteiger charge is -2.20. The summed E-state index contributed by atoms with van der Waals surface area (Å²) in [5, 5.41) is 3.18. The predicted octanol–water partition coefficient (Wildman–Crippen LogP) is 6.03. The minimum Gasteiger partial charge on any atom is -0.430 e. The van der Waals surface area contributed by atoms with Crippen molar-refractivity contribution in [2.45, 2.75) is 58.2 Å². The number of alkyl halides is 3. The van der Waals surface area contributed by atoms with Gasteiger partial charge in [-0.05, 0) is 56.0 Å². The van der Waals surface area contributed by atoms with E-state index in [4.69, 9.17) is 0 Å². The summed E-state index contributed by atoms with van der Waals surface area (Å²) in [6, 6.07) is 3.25. The third kappa shape index (κ3) is 6.62. The van der Waals surface area contributed by atoms with Crippen molar-refractivity contribution in [3.05, 3.63) is 52.6 Å². The Hall–Kier alpha value is -1.89. The Balaban J connectivity index is 2.10. The first kappa shape index (κ1) is 22.4. The minimum atomic E-state index is -4.04. The summed E-state index contributed by atoms with van der Waals surface area (Å²) in [6.07, 6.45) is -1.80. The van der Waals surface area contributed by atoms with Gasteiger partial charge in [-0.2, -0.15) is 8.78 Å². The van der Waals surface area contributed by atoms with Crippen molar-refractivity contribution in [1.29, 1.82) is 0 Å². The topological polar surface area (TPSA) is 21.3 Å². The van der Waals surface area contributed by atoms with E-state index in [1.807, 2.05) is 0 Å². The van der Waals surface area contributed by atoms with Crippen LogP contribution in [0.25, 0.3) is 0 Å². The fourth-order valence-corrected chi connectivity index (χ4v) is 2.92. The van der Waals surface area contributed by atoms with Crippen molar-refractivity contribution < 1.29 is 26.7 Å². The largest absolute Gasteiger partial charge is 0.430 e. The zero-order chi connectivity index (χ0) is 20.7. The number of rotatable bonds is 10. The van der Waals surface area contributed by atoms with E-state index in [0.29, 0.717) is 31.0 Å². The van der Waals surface area contributed by atoms with Gasteiger partial charge < -0.3 is 10.1 Å². The Morgan fingerprint density at radius 2 is 1.93 bits per heavy atom. The molecule has 0 saturated carbocycles. The predicted molar refractivity (Wildman–Crippen MR) is 99.5 cm³/mol. The molecule has 0 heterocycles. The van der Waals surface area contributed by atoms with Crippen molar-refractivity contribution in [2.75, 3.05) is 13.1 Å². The van der Waals surface area contributed by atoms with Crippen LogP contribution in [0.1, 0.15) is 45.1 Å². The number of hydrogen-bond donors (Lipinski definition) is 1. The average Bonchev–Trinajstić information content (AvgIpc) is 2.60. The molecule has 1 N–H and O–H groups in total. The lowest BCUT2D eigenvalue weighted by Crippen LogP contribution is -2.34. The van der Waals surface area contributed by atoms with Crippen LogP contribution in [0.4, 0.5) is 22.0 Å². The highest BCUT2D eigenvalue weighted by Crippen LogP contribution is 2.31. The number of allylic oxidation sites excluding steroid dienone is 2. The van der Waals surface area contributed by atoms with Gasteiger partial charge in [0.05, 0.1) is 0 Å². The third-order valence-corrected chi connectivity index (χ3v) is 4.49. The summed E-state index contributed by atoms with van der Waals surface area (Å²) in [4.78, 5) is 0. The van der Waals surface area contributed by atoms with Crippen LogP contribution < -0.4 is 10.1 Å². The van der Waals surface area contributed by atoms with Crippen LogP contribution in [0.3, 0.4) is 0 Å². The molecule has 2 rings (SSSR count). The van der Waals surface area contributed by atoms with Crippen LogP contribution in [-0.2, 0) is 6.42 Å². The Morgan fingerprint density at radius 1 is 1.18 bits per heavy atom. The number of nitrogens with one attached hydrogen (secondary N) is 1. The quantitative estimate of drug-likeness (QED) is 0.380. The third-order valence-electron chi connectivity index (χ3n) is 4.49. The van der Waals surface area contributed by atoms with E-state index in [2.05, 4.69) is 17.0 Å². The van der Waals surface area contributed by atoms with Gasteiger partial charge >= 0.3 is 6.11 Å². The second-order valence-electron chi connectivity index (χ2n) is 7.01. The second-order valence-corrected chi connectivity index (χ2v) is 7.01. The Labute approximate surface area is 162 Å². The Kier molecular flexibility index (Phi) is 8.04. The molecule has 0 amide bonds. The number of hydrogen-bond acceptors (Lipinski definition) is 2. The van der Waals surface area contributed by atoms with Crippen molar-refractivity contribution in [3.63, 3.8) is 0 Å². The van der Waals surface area contributed by atoms with Crippen molar-refractivity contribution in [3.8, 4) is 5.75 Å². The molecule has 0 aromatic heterocycles. The molecule has 1 aromatic carbocycles. The Bertz CT molecular complexity index is 728. The van der Waals surface area contributed by atoms with Crippen molar-refractivity contribution in [1.82, 2.24) is 5.32 Å². The van der Waals surface area contributed by atoms with E-state index in [1.54, 1.807) is 6.08 Å². The van der Waals surface area contributed by atoms with Crippen molar-refractivity contribution in [2.24, 2.45) is 0 Å². The summed E-state index contributed by atoms with van der Waals surface area (Å²) in [6.45, 7) is 3.95. The molecule has 2 nitrogen and oxygen atoms in total. The molecule has 1 aliphatic rings. The molecule has 7 heteroatoms. The molecule has 1 aliphatic carbocycles. The summed E-state index contributed by atoms with van der Waals surface area (Å²) in [5.74, 6) is -1.37. The van der Waals surface area contributed by atoms with E-state index in [-0.39, 0.29) is 18.7 Å². The van der Waals surface area contributed by atoms with Gasteiger partial charge in [0.2, 0.25) is 6.17 Å². The molecule has 0 fully saturated rings. The van der Waals surface area contributed by atoms with E-state index in [0.717, 1.165) is 31.0 Å². The van der Waals surface area contributed by atoms with Gasteiger partial charge in [0.25, 0.3) is 0 Å². The minimum absolute atomic E-state index is 0.174. The molecule has 1 atom stereocenters. The van der Waals surface area contributed by atoms with Crippen LogP contribution >= 0.6 is 0 Å². The monoisotopic (exact) mass is 403 g/mol.